The van der Waals surface area contributed by atoms with Crippen LogP contribution in [0.1, 0.15) is 119 Å². The summed E-state index contributed by atoms with van der Waals surface area (Å²) in [6.45, 7) is -2.14. The first kappa shape index (κ1) is 9.80. The van der Waals surface area contributed by atoms with E-state index in [1.807, 2.05) is 13.8 Å². The molecule has 3 heteroatoms. The van der Waals surface area contributed by atoms with E-state index in [4.69, 9.17) is 18.4 Å². The second-order valence-electron chi connectivity index (χ2n) is 8.02. The molecule has 2 aliphatic rings. The van der Waals surface area contributed by atoms with Gasteiger partial charge in [-0.2, -0.15) is 0 Å². The average Bonchev–Trinajstić information content (AvgIpc) is 2.69. The van der Waals surface area contributed by atoms with Crippen LogP contribution in [0.3, 0.4) is 0 Å². The van der Waals surface area contributed by atoms with Crippen LogP contribution in [-0.2, 0) is 10.2 Å². The van der Waals surface area contributed by atoms with Crippen molar-refractivity contribution in [2.24, 2.45) is 5.89 Å². The Morgan fingerprint density at radius 1 is 1.41 bits per heavy atom. The molecule has 27 heavy (non-hydrogen) atoms. The number of hydrogen-bond acceptors (Lipinski definition) is 3. The topological polar surface area (TPSA) is 46.5 Å². The maximum absolute atomic E-state index is 12.7. The van der Waals surface area contributed by atoms with Crippen molar-refractivity contribution >= 4 is 5.78 Å². The number of unbranched alkanes of at least 4 members (excludes halogenated alkanes) is 1. The minimum absolute atomic E-state index is 0.338. The van der Waals surface area contributed by atoms with Crippen molar-refractivity contribution in [1.82, 2.24) is 0 Å². The van der Waals surface area contributed by atoms with Gasteiger partial charge in [0.2, 0.25) is 0 Å². The Balaban J connectivity index is 2.28. The number of ether oxygens (including phenoxy) is 1. The number of phenolic OH excluding ortho intramolecular Hbond substituents is 1. The zero-order chi connectivity index (χ0) is 30.3. The third-order valence-electron chi connectivity index (χ3n) is 5.40. The minimum Gasteiger partial charge on any atom is -0.508 e. The van der Waals surface area contributed by atoms with Crippen molar-refractivity contribution in [3.63, 3.8) is 0 Å². The lowest BCUT2D eigenvalue weighted by Gasteiger charge is -2.47. The molecule has 0 amide bonds. The SMILES string of the molecule is [2H]C([2H])(C)CCCCC(C)(C)c1cc(O)c2c(c1)OC(C([2H])([2H])[2H])(C([2H])([2H])[2H])[C@]1([2H])C([2H])([2H])CC(=O)C[C@@]21[2H]. The zero-order valence-corrected chi connectivity index (χ0v) is 16.2. The van der Waals surface area contributed by atoms with Crippen molar-refractivity contribution < 1.29 is 31.1 Å². The number of rotatable bonds is 6. The van der Waals surface area contributed by atoms with E-state index >= 15 is 0 Å². The molecule has 150 valence electrons. The lowest BCUT2D eigenvalue weighted by atomic mass is 9.66. The van der Waals surface area contributed by atoms with E-state index in [2.05, 4.69) is 0 Å². The quantitative estimate of drug-likeness (QED) is 0.588. The van der Waals surface area contributed by atoms with Crippen molar-refractivity contribution in [2.75, 3.05) is 0 Å². The van der Waals surface area contributed by atoms with Gasteiger partial charge in [-0.25, -0.2) is 0 Å². The Morgan fingerprint density at radius 3 is 2.89 bits per heavy atom. The summed E-state index contributed by atoms with van der Waals surface area (Å²) in [6, 6.07) is 2.61. The molecule has 1 saturated carbocycles. The number of Topliss-reactive ketones (excluding diaryl/α,β-unsaturated/α-hetero) is 1. The van der Waals surface area contributed by atoms with Gasteiger partial charge < -0.3 is 9.84 Å². The van der Waals surface area contributed by atoms with Crippen LogP contribution in [0.15, 0.2) is 12.1 Å². The lowest BCUT2D eigenvalue weighted by molar-refractivity contribution is -0.124. The van der Waals surface area contributed by atoms with Gasteiger partial charge in [-0.15, -0.1) is 0 Å². The van der Waals surface area contributed by atoms with Crippen LogP contribution in [-0.4, -0.2) is 16.5 Å². The zero-order valence-electron chi connectivity index (χ0n) is 28.2. The number of carbonyl (C=O) groups excluding carboxylic acids is 1. The van der Waals surface area contributed by atoms with E-state index in [1.165, 1.54) is 19.1 Å². The molecule has 2 atom stereocenters. The molecule has 1 aliphatic heterocycles. The molecule has 3 nitrogen and oxygen atoms in total. The van der Waals surface area contributed by atoms with Crippen LogP contribution in [0.2, 0.25) is 0 Å². The van der Waals surface area contributed by atoms with Crippen LogP contribution < -0.4 is 4.74 Å². The molecule has 1 aromatic carbocycles. The highest BCUT2D eigenvalue weighted by Gasteiger charge is 2.47. The lowest BCUT2D eigenvalue weighted by Crippen LogP contribution is -2.47. The fraction of sp³-hybridized carbons (Fsp3) is 0.708. The van der Waals surface area contributed by atoms with E-state index in [0.29, 0.717) is 31.2 Å². The van der Waals surface area contributed by atoms with Crippen molar-refractivity contribution in [3.05, 3.63) is 23.3 Å². The van der Waals surface area contributed by atoms with Gasteiger partial charge in [0.1, 0.15) is 22.9 Å². The average molecular weight is 385 g/mol. The van der Waals surface area contributed by atoms with Gasteiger partial charge in [0.25, 0.3) is 0 Å². The third kappa shape index (κ3) is 4.02. The maximum Gasteiger partial charge on any atom is 0.133 e. The molecule has 1 aromatic rings. The highest BCUT2D eigenvalue weighted by atomic mass is 16.5. The summed E-state index contributed by atoms with van der Waals surface area (Å²) >= 11 is 0. The molecular weight excluding hydrogens is 336 g/mol. The van der Waals surface area contributed by atoms with Crippen molar-refractivity contribution in [2.45, 2.75) is 103 Å². The van der Waals surface area contributed by atoms with E-state index in [0.717, 1.165) is 0 Å². The summed E-state index contributed by atoms with van der Waals surface area (Å²) in [5.74, 6) is -8.07. The number of benzene rings is 1. The number of hydrogen-bond donors (Lipinski definition) is 1. The van der Waals surface area contributed by atoms with Crippen LogP contribution in [0.25, 0.3) is 0 Å². The number of phenols is 1. The smallest absolute Gasteiger partial charge is 0.133 e. The van der Waals surface area contributed by atoms with Gasteiger partial charge in [0.15, 0.2) is 0 Å². The fourth-order valence-electron chi connectivity index (χ4n) is 3.80. The van der Waals surface area contributed by atoms with Gasteiger partial charge >= 0.3 is 0 Å². The standard InChI is InChI=1S/C24H36O3/c1-6-7-8-9-12-23(2,3)16-13-20(26)22-18-15-17(25)10-11-19(18)24(4,5)27-21(22)14-16/h13-14,18-19,26H,6-12,15H2,1-5H3/t18-,19-/m1/s1/i4D3,5D3,6D2,11D2,18D,19D. The predicted octanol–water partition coefficient (Wildman–Crippen LogP) is 6.26. The van der Waals surface area contributed by atoms with Gasteiger partial charge in [0, 0.05) is 46.6 Å². The Morgan fingerprint density at radius 2 is 2.19 bits per heavy atom. The van der Waals surface area contributed by atoms with E-state index in [9.17, 15) is 12.6 Å². The molecule has 1 fully saturated rings. The Labute approximate surface area is 181 Å². The monoisotopic (exact) mass is 384 g/mol. The summed E-state index contributed by atoms with van der Waals surface area (Å²) in [5.41, 5.74) is -4.32. The Hall–Kier alpha value is -1.51. The second-order valence-corrected chi connectivity index (χ2v) is 8.02. The summed E-state index contributed by atoms with van der Waals surface area (Å²) in [7, 11) is 0. The molecular formula is C24H36O3. The first-order chi connectivity index (χ1) is 17.3. The molecule has 0 radical (unpaired) electrons. The predicted molar refractivity (Wildman–Crippen MR) is 110 cm³/mol. The molecule has 0 saturated heterocycles. The summed E-state index contributed by atoms with van der Waals surface area (Å²) in [4.78, 5) is 12.7. The maximum atomic E-state index is 12.7. The molecule has 0 spiro atoms. The molecule has 0 aromatic heterocycles. The molecule has 0 unspecified atom stereocenters. The van der Waals surface area contributed by atoms with Crippen LogP contribution in [0, 0.1) is 5.89 Å². The minimum atomic E-state index is -3.64. The third-order valence-corrected chi connectivity index (χ3v) is 5.40. The van der Waals surface area contributed by atoms with Gasteiger partial charge in [-0.3, -0.25) is 4.79 Å². The highest BCUT2D eigenvalue weighted by Crippen LogP contribution is 2.54. The molecule has 1 aliphatic carbocycles. The molecule has 1 N–H and O–H groups in total. The molecule has 3 rings (SSSR count). The van der Waals surface area contributed by atoms with Gasteiger partial charge in [0.05, 0.1) is 0 Å². The fourth-order valence-corrected chi connectivity index (χ4v) is 3.80. The number of fused-ring (bicyclic) bond motifs is 3. The second kappa shape index (κ2) is 7.48. The molecule has 0 bridgehead atoms. The highest BCUT2D eigenvalue weighted by molar-refractivity contribution is 5.81. The van der Waals surface area contributed by atoms with E-state index in [-0.39, 0.29) is 0 Å². The number of carbonyl (C=O) groups is 1. The number of aromatic hydroxyl groups is 1. The van der Waals surface area contributed by atoms with Crippen molar-refractivity contribution in [1.29, 1.82) is 0 Å². The molecule has 1 heterocycles. The summed E-state index contributed by atoms with van der Waals surface area (Å²) in [6.07, 6.45) is -4.26. The van der Waals surface area contributed by atoms with E-state index in [1.54, 1.807) is 0 Å². The Kier molecular flexibility index (Phi) is 2.72. The van der Waals surface area contributed by atoms with Crippen LogP contribution in [0.5, 0.6) is 11.5 Å². The summed E-state index contributed by atoms with van der Waals surface area (Å²) in [5, 5.41) is 11.2. The van der Waals surface area contributed by atoms with Gasteiger partial charge in [-0.1, -0.05) is 46.4 Å². The van der Waals surface area contributed by atoms with Crippen LogP contribution >= 0.6 is 0 Å². The first-order valence-electron chi connectivity index (χ1n) is 15.4. The largest absolute Gasteiger partial charge is 0.508 e. The van der Waals surface area contributed by atoms with Crippen LogP contribution in [0.4, 0.5) is 0 Å². The number of ketones is 1. The first-order valence-corrected chi connectivity index (χ1v) is 9.36. The Bertz CT molecular complexity index is 1120. The van der Waals surface area contributed by atoms with E-state index < -0.39 is 84.9 Å². The summed E-state index contributed by atoms with van der Waals surface area (Å²) < 4.78 is 106. The van der Waals surface area contributed by atoms with Crippen molar-refractivity contribution in [3.8, 4) is 11.5 Å². The normalized spacial score (nSPS) is 39.4. The van der Waals surface area contributed by atoms with Gasteiger partial charge in [-0.05, 0) is 49.6 Å².